The van der Waals surface area contributed by atoms with Gasteiger partial charge in [-0.2, -0.15) is 5.10 Å². The molecule has 5 rings (SSSR count). The summed E-state index contributed by atoms with van der Waals surface area (Å²) in [5.41, 5.74) is 4.14. The first-order valence-corrected chi connectivity index (χ1v) is 10.3. The molecule has 33 heavy (non-hydrogen) atoms. The third-order valence-electron chi connectivity index (χ3n) is 5.45. The van der Waals surface area contributed by atoms with E-state index in [0.717, 1.165) is 16.7 Å². The molecule has 0 atom stereocenters. The Balaban J connectivity index is 1.34. The average Bonchev–Trinajstić information content (AvgIpc) is 3.36. The van der Waals surface area contributed by atoms with E-state index in [4.69, 9.17) is 9.47 Å². The van der Waals surface area contributed by atoms with Crippen LogP contribution in [0.15, 0.2) is 48.5 Å². The summed E-state index contributed by atoms with van der Waals surface area (Å²) in [5, 5.41) is 10.9. The lowest BCUT2D eigenvalue weighted by molar-refractivity contribution is 0.101. The van der Waals surface area contributed by atoms with Crippen LogP contribution in [0.3, 0.4) is 0 Å². The molecule has 2 amide bonds. The number of pyridine rings is 1. The second-order valence-corrected chi connectivity index (χ2v) is 7.76. The van der Waals surface area contributed by atoms with Crippen LogP contribution in [0, 0.1) is 13.8 Å². The monoisotopic (exact) mass is 443 g/mol. The Morgan fingerprint density at radius 1 is 0.909 bits per heavy atom. The molecular weight excluding hydrogens is 422 g/mol. The third kappa shape index (κ3) is 3.84. The number of aromatic nitrogens is 3. The largest absolute Gasteiger partial charge is 0.454 e. The quantitative estimate of drug-likeness (QED) is 0.497. The van der Waals surface area contributed by atoms with E-state index in [0.29, 0.717) is 39.7 Å². The van der Waals surface area contributed by atoms with E-state index in [9.17, 15) is 9.59 Å². The fourth-order valence-electron chi connectivity index (χ4n) is 3.78. The highest BCUT2D eigenvalue weighted by molar-refractivity contribution is 6.08. The van der Waals surface area contributed by atoms with Crippen molar-refractivity contribution in [2.24, 2.45) is 7.05 Å². The van der Waals surface area contributed by atoms with Crippen molar-refractivity contribution in [3.63, 3.8) is 0 Å². The molecular formula is C24H21N5O4. The van der Waals surface area contributed by atoms with Gasteiger partial charge in [-0.1, -0.05) is 6.07 Å². The van der Waals surface area contributed by atoms with Crippen LogP contribution in [0.1, 0.15) is 32.1 Å². The maximum absolute atomic E-state index is 13.0. The number of hydrogen-bond donors (Lipinski definition) is 2. The number of carbonyl (C=O) groups excluding carboxylic acids is 2. The number of amides is 2. The van der Waals surface area contributed by atoms with Gasteiger partial charge in [0.15, 0.2) is 17.1 Å². The van der Waals surface area contributed by atoms with Gasteiger partial charge in [-0.05, 0) is 56.3 Å². The Morgan fingerprint density at radius 2 is 1.64 bits per heavy atom. The van der Waals surface area contributed by atoms with E-state index in [1.54, 1.807) is 60.1 Å². The minimum absolute atomic E-state index is 0.143. The van der Waals surface area contributed by atoms with Crippen LogP contribution in [0.4, 0.5) is 11.4 Å². The predicted molar refractivity (Wildman–Crippen MR) is 123 cm³/mol. The van der Waals surface area contributed by atoms with Gasteiger partial charge in [0, 0.05) is 29.4 Å². The highest BCUT2D eigenvalue weighted by Crippen LogP contribution is 2.32. The van der Waals surface area contributed by atoms with Crippen LogP contribution >= 0.6 is 0 Å². The van der Waals surface area contributed by atoms with Crippen molar-refractivity contribution in [2.45, 2.75) is 13.8 Å². The summed E-state index contributed by atoms with van der Waals surface area (Å²) < 4.78 is 12.3. The van der Waals surface area contributed by atoms with E-state index in [1.807, 2.05) is 14.0 Å². The molecule has 3 heterocycles. The average molecular weight is 443 g/mol. The number of anilines is 2. The summed E-state index contributed by atoms with van der Waals surface area (Å²) in [4.78, 5) is 30.2. The minimum Gasteiger partial charge on any atom is -0.454 e. The van der Waals surface area contributed by atoms with E-state index < -0.39 is 0 Å². The molecule has 166 valence electrons. The van der Waals surface area contributed by atoms with E-state index in [-0.39, 0.29) is 18.6 Å². The Morgan fingerprint density at radius 3 is 2.42 bits per heavy atom. The number of aryl methyl sites for hydroxylation is 3. The lowest BCUT2D eigenvalue weighted by Crippen LogP contribution is -2.15. The predicted octanol–water partition coefficient (Wildman–Crippen LogP) is 3.82. The molecule has 9 heteroatoms. The van der Waals surface area contributed by atoms with Crippen molar-refractivity contribution in [3.8, 4) is 11.5 Å². The summed E-state index contributed by atoms with van der Waals surface area (Å²) in [6, 6.07) is 13.8. The number of nitrogens with one attached hydrogen (secondary N) is 2. The summed E-state index contributed by atoms with van der Waals surface area (Å²) in [7, 11) is 1.82. The highest BCUT2D eigenvalue weighted by Gasteiger charge is 2.18. The van der Waals surface area contributed by atoms with Gasteiger partial charge in [0.05, 0.1) is 17.0 Å². The first-order chi connectivity index (χ1) is 15.9. The molecule has 4 aromatic rings. The summed E-state index contributed by atoms with van der Waals surface area (Å²) in [6.07, 6.45) is 0. The van der Waals surface area contributed by atoms with Crippen LogP contribution in [0.25, 0.3) is 11.0 Å². The maximum Gasteiger partial charge on any atom is 0.257 e. The van der Waals surface area contributed by atoms with Crippen molar-refractivity contribution in [1.82, 2.24) is 14.8 Å². The van der Waals surface area contributed by atoms with Crippen LogP contribution in [0.5, 0.6) is 11.5 Å². The van der Waals surface area contributed by atoms with Crippen molar-refractivity contribution in [1.29, 1.82) is 0 Å². The van der Waals surface area contributed by atoms with E-state index in [1.165, 1.54) is 0 Å². The Labute approximate surface area is 189 Å². The van der Waals surface area contributed by atoms with Gasteiger partial charge in [-0.25, -0.2) is 4.98 Å². The van der Waals surface area contributed by atoms with E-state index >= 15 is 0 Å². The van der Waals surface area contributed by atoms with Crippen molar-refractivity contribution in [3.05, 3.63) is 71.0 Å². The smallest absolute Gasteiger partial charge is 0.257 e. The van der Waals surface area contributed by atoms with Crippen LogP contribution in [0.2, 0.25) is 0 Å². The Bertz CT molecular complexity index is 1430. The standard InChI is InChI=1S/C24H21N5O4/c1-13-19(11-18-14(2)28-29(3)22(18)25-13)24(31)27-17-6-4-5-16(10-17)26-23(30)15-7-8-20-21(9-15)33-12-32-20/h4-11H,12H2,1-3H3,(H,26,30)(H,27,31). The van der Waals surface area contributed by atoms with Gasteiger partial charge in [-0.3, -0.25) is 14.3 Å². The zero-order valence-electron chi connectivity index (χ0n) is 18.3. The highest BCUT2D eigenvalue weighted by atomic mass is 16.7. The van der Waals surface area contributed by atoms with Gasteiger partial charge in [0.2, 0.25) is 6.79 Å². The first kappa shape index (κ1) is 20.5. The molecule has 0 bridgehead atoms. The number of nitrogens with zero attached hydrogens (tertiary/aromatic N) is 3. The third-order valence-corrected chi connectivity index (χ3v) is 5.45. The number of hydrogen-bond acceptors (Lipinski definition) is 6. The van der Waals surface area contributed by atoms with Crippen molar-refractivity contribution in [2.75, 3.05) is 17.4 Å². The molecule has 0 aliphatic carbocycles. The molecule has 0 radical (unpaired) electrons. The lowest BCUT2D eigenvalue weighted by Gasteiger charge is -2.10. The second kappa shape index (κ2) is 7.94. The number of carbonyl (C=O) groups is 2. The maximum atomic E-state index is 13.0. The zero-order chi connectivity index (χ0) is 23.1. The van der Waals surface area contributed by atoms with Crippen LogP contribution in [-0.4, -0.2) is 33.4 Å². The zero-order valence-corrected chi connectivity index (χ0v) is 18.3. The number of benzene rings is 2. The molecule has 0 fully saturated rings. The number of rotatable bonds is 4. The van der Waals surface area contributed by atoms with Crippen LogP contribution < -0.4 is 20.1 Å². The van der Waals surface area contributed by atoms with E-state index in [2.05, 4.69) is 20.7 Å². The molecule has 2 aromatic carbocycles. The fourth-order valence-corrected chi connectivity index (χ4v) is 3.78. The summed E-state index contributed by atoms with van der Waals surface area (Å²) in [5.74, 6) is 0.563. The van der Waals surface area contributed by atoms with Gasteiger partial charge < -0.3 is 20.1 Å². The molecule has 2 aromatic heterocycles. The summed E-state index contributed by atoms with van der Waals surface area (Å²) in [6.45, 7) is 3.82. The molecule has 9 nitrogen and oxygen atoms in total. The topological polar surface area (TPSA) is 107 Å². The first-order valence-electron chi connectivity index (χ1n) is 10.3. The molecule has 0 spiro atoms. The Hall–Kier alpha value is -4.40. The van der Waals surface area contributed by atoms with Gasteiger partial charge in [0.25, 0.3) is 11.8 Å². The fraction of sp³-hybridized carbons (Fsp3) is 0.167. The van der Waals surface area contributed by atoms with Crippen LogP contribution in [-0.2, 0) is 7.05 Å². The number of fused-ring (bicyclic) bond motifs is 2. The Kier molecular flexibility index (Phi) is 4.93. The number of ether oxygens (including phenoxy) is 2. The lowest BCUT2D eigenvalue weighted by atomic mass is 10.1. The molecule has 1 aliphatic heterocycles. The summed E-state index contributed by atoms with van der Waals surface area (Å²) >= 11 is 0. The van der Waals surface area contributed by atoms with Crippen molar-refractivity contribution >= 4 is 34.2 Å². The van der Waals surface area contributed by atoms with Gasteiger partial charge in [-0.15, -0.1) is 0 Å². The second-order valence-electron chi connectivity index (χ2n) is 7.76. The molecule has 2 N–H and O–H groups in total. The molecule has 0 unspecified atom stereocenters. The SMILES string of the molecule is Cc1nc2c(cc1C(=O)Nc1cccc(NC(=O)c3ccc4c(c3)OCO4)c1)c(C)nn2C. The normalized spacial score (nSPS) is 12.1. The minimum atomic E-state index is -0.297. The van der Waals surface area contributed by atoms with Gasteiger partial charge in [0.1, 0.15) is 0 Å². The van der Waals surface area contributed by atoms with Gasteiger partial charge >= 0.3 is 0 Å². The molecule has 0 saturated heterocycles. The van der Waals surface area contributed by atoms with Crippen molar-refractivity contribution < 1.29 is 19.1 Å². The molecule has 1 aliphatic rings. The molecule has 0 saturated carbocycles.